The highest BCUT2D eigenvalue weighted by molar-refractivity contribution is 6.01. The fourth-order valence-electron chi connectivity index (χ4n) is 3.52. The molecule has 10 nitrogen and oxygen atoms in total. The van der Waals surface area contributed by atoms with Crippen LogP contribution < -0.4 is 16.4 Å². The second kappa shape index (κ2) is 8.04. The van der Waals surface area contributed by atoms with Crippen molar-refractivity contribution >= 4 is 28.7 Å². The van der Waals surface area contributed by atoms with E-state index in [0.29, 0.717) is 28.2 Å². The van der Waals surface area contributed by atoms with Gasteiger partial charge in [-0.2, -0.15) is 5.10 Å². The number of carbonyl (C=O) groups is 1. The van der Waals surface area contributed by atoms with Gasteiger partial charge in [0.25, 0.3) is 0 Å². The minimum atomic E-state index is -0.564. The van der Waals surface area contributed by atoms with Crippen LogP contribution in [0.5, 0.6) is 0 Å². The van der Waals surface area contributed by atoms with Gasteiger partial charge in [0.15, 0.2) is 5.82 Å². The molecule has 0 aliphatic carbocycles. The molecule has 0 unspecified atom stereocenters. The fraction of sp³-hybridized carbons (Fsp3) is 0.0455. The van der Waals surface area contributed by atoms with E-state index in [1.54, 1.807) is 47.1 Å². The van der Waals surface area contributed by atoms with Gasteiger partial charge in [0.05, 0.1) is 11.3 Å². The van der Waals surface area contributed by atoms with E-state index in [1.807, 2.05) is 6.92 Å². The second-order valence-electron chi connectivity index (χ2n) is 7.24. The van der Waals surface area contributed by atoms with Gasteiger partial charge in [0, 0.05) is 17.4 Å². The van der Waals surface area contributed by atoms with Crippen molar-refractivity contribution in [3.63, 3.8) is 0 Å². The summed E-state index contributed by atoms with van der Waals surface area (Å²) in [6.45, 7) is 1.81. The Labute approximate surface area is 186 Å². The maximum absolute atomic E-state index is 13.9. The van der Waals surface area contributed by atoms with Gasteiger partial charge in [0.1, 0.15) is 17.7 Å². The topological polar surface area (TPSA) is 136 Å². The van der Waals surface area contributed by atoms with E-state index in [4.69, 9.17) is 10.2 Å². The van der Waals surface area contributed by atoms with Crippen molar-refractivity contribution in [2.75, 3.05) is 16.4 Å². The maximum Gasteiger partial charge on any atom is 0.323 e. The highest BCUT2D eigenvalue weighted by Crippen LogP contribution is 2.38. The zero-order valence-corrected chi connectivity index (χ0v) is 17.3. The molecule has 5 aromatic rings. The number of aryl methyl sites for hydroxylation is 1. The normalized spacial score (nSPS) is 11.0. The summed E-state index contributed by atoms with van der Waals surface area (Å²) in [4.78, 5) is 16.4. The number of urea groups is 1. The quantitative estimate of drug-likeness (QED) is 0.379. The monoisotopic (exact) mass is 444 g/mol. The SMILES string of the molecule is Cc1ccc(F)c(NC(=O)Nc2ccc(-c3c(-c4nnco4)cn4ncnc(N)c34)cc2)c1. The summed E-state index contributed by atoms with van der Waals surface area (Å²) < 4.78 is 20.9. The molecule has 11 heteroatoms. The van der Waals surface area contributed by atoms with Gasteiger partial charge >= 0.3 is 6.03 Å². The number of nitrogens with zero attached hydrogens (tertiary/aromatic N) is 5. The first-order valence-corrected chi connectivity index (χ1v) is 9.82. The predicted molar refractivity (Wildman–Crippen MR) is 120 cm³/mol. The van der Waals surface area contributed by atoms with E-state index in [2.05, 4.69) is 30.9 Å². The van der Waals surface area contributed by atoms with Crippen LogP contribution in [0.15, 0.2) is 65.8 Å². The number of amides is 2. The third kappa shape index (κ3) is 3.82. The molecule has 0 aliphatic heterocycles. The fourth-order valence-corrected chi connectivity index (χ4v) is 3.52. The summed E-state index contributed by atoms with van der Waals surface area (Å²) in [5.74, 6) is 0.0734. The number of nitrogens with one attached hydrogen (secondary N) is 2. The van der Waals surface area contributed by atoms with Crippen molar-refractivity contribution in [2.45, 2.75) is 6.92 Å². The lowest BCUT2D eigenvalue weighted by Crippen LogP contribution is -2.20. The van der Waals surface area contributed by atoms with E-state index < -0.39 is 11.8 Å². The molecule has 2 aromatic carbocycles. The lowest BCUT2D eigenvalue weighted by atomic mass is 10.0. The number of anilines is 3. The molecular formula is C22H17FN8O2. The smallest absolute Gasteiger partial charge is 0.323 e. The molecule has 5 rings (SSSR count). The standard InChI is InChI=1S/C22H17FN8O2/c1-12-2-7-16(23)17(8-12)29-22(32)28-14-5-3-13(4-6-14)18-15(21-30-26-11-33-21)9-31-19(18)20(24)25-10-27-31/h2-11H,1H3,(H2,24,25,27)(H2,28,29,32). The zero-order chi connectivity index (χ0) is 22.9. The summed E-state index contributed by atoms with van der Waals surface area (Å²) in [6.07, 6.45) is 4.32. The molecule has 0 aliphatic rings. The van der Waals surface area contributed by atoms with Crippen molar-refractivity contribution in [1.82, 2.24) is 24.8 Å². The Morgan fingerprint density at radius 1 is 1.15 bits per heavy atom. The summed E-state index contributed by atoms with van der Waals surface area (Å²) in [5.41, 5.74) is 10.2. The number of carbonyl (C=O) groups excluding carboxylic acids is 1. The van der Waals surface area contributed by atoms with Gasteiger partial charge in [0.2, 0.25) is 12.3 Å². The highest BCUT2D eigenvalue weighted by Gasteiger charge is 2.21. The lowest BCUT2D eigenvalue weighted by molar-refractivity contribution is 0.262. The average Bonchev–Trinajstić information content (AvgIpc) is 3.45. The second-order valence-corrected chi connectivity index (χ2v) is 7.24. The van der Waals surface area contributed by atoms with Crippen LogP contribution in [-0.4, -0.2) is 30.8 Å². The van der Waals surface area contributed by atoms with E-state index in [0.717, 1.165) is 11.1 Å². The van der Waals surface area contributed by atoms with Gasteiger partial charge in [-0.1, -0.05) is 18.2 Å². The number of nitrogens with two attached hydrogens (primary N) is 1. The molecule has 3 aromatic heterocycles. The Balaban J connectivity index is 1.45. The lowest BCUT2D eigenvalue weighted by Gasteiger charge is -2.10. The molecule has 0 saturated heterocycles. The van der Waals surface area contributed by atoms with Crippen molar-refractivity contribution < 1.29 is 13.6 Å². The molecule has 4 N–H and O–H groups in total. The Bertz CT molecular complexity index is 1460. The Kier molecular flexibility index (Phi) is 4.90. The van der Waals surface area contributed by atoms with Gasteiger partial charge in [-0.3, -0.25) is 0 Å². The third-order valence-electron chi connectivity index (χ3n) is 4.99. The van der Waals surface area contributed by atoms with E-state index in [-0.39, 0.29) is 11.5 Å². The minimum absolute atomic E-state index is 0.101. The van der Waals surface area contributed by atoms with Crippen LogP contribution >= 0.6 is 0 Å². The van der Waals surface area contributed by atoms with Crippen molar-refractivity contribution in [1.29, 1.82) is 0 Å². The largest absolute Gasteiger partial charge is 0.423 e. The molecule has 0 bridgehead atoms. The molecular weight excluding hydrogens is 427 g/mol. The van der Waals surface area contributed by atoms with Crippen LogP contribution in [0.3, 0.4) is 0 Å². The van der Waals surface area contributed by atoms with Crippen LogP contribution in [0.4, 0.5) is 26.4 Å². The number of hydrogen-bond donors (Lipinski definition) is 3. The van der Waals surface area contributed by atoms with Crippen LogP contribution in [0.25, 0.3) is 28.1 Å². The first-order valence-electron chi connectivity index (χ1n) is 9.82. The average molecular weight is 444 g/mol. The highest BCUT2D eigenvalue weighted by atomic mass is 19.1. The van der Waals surface area contributed by atoms with Gasteiger partial charge in [-0.05, 0) is 42.3 Å². The Morgan fingerprint density at radius 3 is 2.73 bits per heavy atom. The first-order chi connectivity index (χ1) is 16.0. The van der Waals surface area contributed by atoms with Crippen LogP contribution in [0, 0.1) is 12.7 Å². The van der Waals surface area contributed by atoms with Crippen LogP contribution in [-0.2, 0) is 0 Å². The van der Waals surface area contributed by atoms with Gasteiger partial charge < -0.3 is 20.8 Å². The summed E-state index contributed by atoms with van der Waals surface area (Å²) >= 11 is 0. The minimum Gasteiger partial charge on any atom is -0.423 e. The third-order valence-corrected chi connectivity index (χ3v) is 4.99. The molecule has 3 heterocycles. The molecule has 164 valence electrons. The molecule has 0 atom stereocenters. The number of hydrogen-bond acceptors (Lipinski definition) is 7. The number of aromatic nitrogens is 5. The molecule has 0 saturated carbocycles. The van der Waals surface area contributed by atoms with Crippen molar-refractivity contribution in [3.05, 3.63) is 72.8 Å². The molecule has 0 fully saturated rings. The number of benzene rings is 2. The van der Waals surface area contributed by atoms with E-state index >= 15 is 0 Å². The zero-order valence-electron chi connectivity index (χ0n) is 17.3. The van der Waals surface area contributed by atoms with Gasteiger partial charge in [-0.15, -0.1) is 10.2 Å². The molecule has 0 radical (unpaired) electrons. The van der Waals surface area contributed by atoms with Crippen molar-refractivity contribution in [2.24, 2.45) is 0 Å². The number of fused-ring (bicyclic) bond motifs is 1. The van der Waals surface area contributed by atoms with E-state index in [9.17, 15) is 9.18 Å². The Morgan fingerprint density at radius 2 is 1.97 bits per heavy atom. The maximum atomic E-state index is 13.9. The number of rotatable bonds is 4. The summed E-state index contributed by atoms with van der Waals surface area (Å²) in [6, 6.07) is 10.9. The van der Waals surface area contributed by atoms with E-state index in [1.165, 1.54) is 18.8 Å². The van der Waals surface area contributed by atoms with Crippen LogP contribution in [0.1, 0.15) is 5.56 Å². The molecule has 0 spiro atoms. The molecule has 33 heavy (non-hydrogen) atoms. The van der Waals surface area contributed by atoms with Gasteiger partial charge in [-0.25, -0.2) is 18.7 Å². The number of nitrogen functional groups attached to an aromatic ring is 1. The summed E-state index contributed by atoms with van der Waals surface area (Å²) in [5, 5.41) is 17.1. The predicted octanol–water partition coefficient (Wildman–Crippen LogP) is 4.12. The summed E-state index contributed by atoms with van der Waals surface area (Å²) in [7, 11) is 0. The van der Waals surface area contributed by atoms with Crippen molar-refractivity contribution in [3.8, 4) is 22.6 Å². The Hall–Kier alpha value is -4.80. The molecule has 2 amide bonds. The number of halogens is 1. The first kappa shape index (κ1) is 20.1. The van der Waals surface area contributed by atoms with Crippen LogP contribution in [0.2, 0.25) is 0 Å².